The standard InChI is InChI=1S/C23H19ClN2O3.ClH/c24-20-7-5-16(6-8-20)17-3-4-18-12-23(22(28)29,13-19(18)11-17)26-21(27)10-15-2-1-9-25-14-15;/h1-9,11,14H,10,12-13H2,(H,26,27)(H,28,29);1H. The van der Waals surface area contributed by atoms with E-state index in [4.69, 9.17) is 11.6 Å². The highest BCUT2D eigenvalue weighted by molar-refractivity contribution is 6.30. The van der Waals surface area contributed by atoms with Gasteiger partial charge >= 0.3 is 5.97 Å². The number of nitrogens with zero attached hydrogens (tertiary/aromatic N) is 1. The van der Waals surface area contributed by atoms with E-state index in [1.807, 2.05) is 42.5 Å². The van der Waals surface area contributed by atoms with Gasteiger partial charge in [0.05, 0.1) is 6.42 Å². The maximum absolute atomic E-state index is 12.5. The van der Waals surface area contributed by atoms with Gasteiger partial charge in [-0.05, 0) is 46.0 Å². The number of pyridine rings is 1. The molecule has 1 aromatic heterocycles. The van der Waals surface area contributed by atoms with E-state index in [1.165, 1.54) is 0 Å². The van der Waals surface area contributed by atoms with Gasteiger partial charge in [-0.25, -0.2) is 4.79 Å². The number of hydrogen-bond acceptors (Lipinski definition) is 3. The number of carboxylic acid groups (broad SMARTS) is 1. The summed E-state index contributed by atoms with van der Waals surface area (Å²) in [5, 5.41) is 13.4. The number of halogens is 2. The predicted molar refractivity (Wildman–Crippen MR) is 118 cm³/mol. The third-order valence-electron chi connectivity index (χ3n) is 5.24. The van der Waals surface area contributed by atoms with Crippen molar-refractivity contribution in [1.82, 2.24) is 10.3 Å². The number of aliphatic carboxylic acids is 1. The van der Waals surface area contributed by atoms with E-state index >= 15 is 0 Å². The number of rotatable bonds is 5. The predicted octanol–water partition coefficient (Wildman–Crippen LogP) is 4.10. The molecule has 0 radical (unpaired) electrons. The minimum atomic E-state index is -1.33. The zero-order valence-electron chi connectivity index (χ0n) is 16.0. The molecule has 3 aromatic rings. The van der Waals surface area contributed by atoms with Gasteiger partial charge in [0.1, 0.15) is 5.54 Å². The van der Waals surface area contributed by atoms with Gasteiger partial charge in [0.2, 0.25) is 5.91 Å². The molecule has 1 atom stereocenters. The van der Waals surface area contributed by atoms with E-state index in [0.29, 0.717) is 5.02 Å². The van der Waals surface area contributed by atoms with Gasteiger partial charge in [0, 0.05) is 30.3 Å². The Morgan fingerprint density at radius 3 is 2.40 bits per heavy atom. The first-order chi connectivity index (χ1) is 13.9. The molecule has 1 amide bonds. The summed E-state index contributed by atoms with van der Waals surface area (Å²) in [6.45, 7) is 0. The van der Waals surface area contributed by atoms with Gasteiger partial charge in [-0.3, -0.25) is 9.78 Å². The second kappa shape index (κ2) is 8.86. The van der Waals surface area contributed by atoms with Crippen LogP contribution in [0, 0.1) is 0 Å². The molecule has 1 heterocycles. The SMILES string of the molecule is Cl.O=C(Cc1cccnc1)NC1(C(=O)O)Cc2ccc(-c3ccc(Cl)cc3)cc2C1. The molecule has 5 nitrogen and oxygen atoms in total. The summed E-state index contributed by atoms with van der Waals surface area (Å²) in [5.41, 5.74) is 3.27. The number of fused-ring (bicyclic) bond motifs is 1. The molecule has 154 valence electrons. The smallest absolute Gasteiger partial charge is 0.330 e. The molecule has 1 aliphatic carbocycles. The summed E-state index contributed by atoms with van der Waals surface area (Å²) in [6.07, 6.45) is 3.84. The lowest BCUT2D eigenvalue weighted by Gasteiger charge is -2.25. The van der Waals surface area contributed by atoms with Crippen LogP contribution in [-0.2, 0) is 28.9 Å². The molecule has 4 rings (SSSR count). The molecule has 0 saturated carbocycles. The normalized spacial score (nSPS) is 17.0. The van der Waals surface area contributed by atoms with Crippen LogP contribution in [-0.4, -0.2) is 27.5 Å². The number of carbonyl (C=O) groups excluding carboxylic acids is 1. The number of benzene rings is 2. The van der Waals surface area contributed by atoms with Crippen molar-refractivity contribution in [2.45, 2.75) is 24.8 Å². The summed E-state index contributed by atoms with van der Waals surface area (Å²) in [6, 6.07) is 17.0. The van der Waals surface area contributed by atoms with E-state index in [-0.39, 0.29) is 37.6 Å². The number of nitrogens with one attached hydrogen (secondary N) is 1. The first-order valence-corrected chi connectivity index (χ1v) is 9.64. The van der Waals surface area contributed by atoms with Crippen molar-refractivity contribution in [2.75, 3.05) is 0 Å². The second-order valence-electron chi connectivity index (χ2n) is 7.32. The van der Waals surface area contributed by atoms with Crippen LogP contribution in [0.2, 0.25) is 5.02 Å². The van der Waals surface area contributed by atoms with Crippen LogP contribution in [0.1, 0.15) is 16.7 Å². The van der Waals surface area contributed by atoms with Gasteiger partial charge < -0.3 is 10.4 Å². The average molecular weight is 443 g/mol. The maximum Gasteiger partial charge on any atom is 0.330 e. The maximum atomic E-state index is 12.5. The number of aromatic nitrogens is 1. The van der Waals surface area contributed by atoms with Crippen molar-refractivity contribution in [1.29, 1.82) is 0 Å². The fourth-order valence-corrected chi connectivity index (χ4v) is 3.92. The molecule has 0 bridgehead atoms. The van der Waals surface area contributed by atoms with Crippen LogP contribution in [0.4, 0.5) is 0 Å². The number of carboxylic acids is 1. The first-order valence-electron chi connectivity index (χ1n) is 9.26. The zero-order chi connectivity index (χ0) is 20.4. The molecule has 30 heavy (non-hydrogen) atoms. The highest BCUT2D eigenvalue weighted by Crippen LogP contribution is 2.34. The molecule has 2 aromatic carbocycles. The lowest BCUT2D eigenvalue weighted by atomic mass is 9.95. The Morgan fingerprint density at radius 1 is 1.03 bits per heavy atom. The zero-order valence-corrected chi connectivity index (χ0v) is 17.5. The van der Waals surface area contributed by atoms with Crippen LogP contribution >= 0.6 is 24.0 Å². The van der Waals surface area contributed by atoms with E-state index in [9.17, 15) is 14.7 Å². The van der Waals surface area contributed by atoms with Crippen LogP contribution in [0.5, 0.6) is 0 Å². The Balaban J connectivity index is 0.00000256. The van der Waals surface area contributed by atoms with Gasteiger partial charge in [-0.2, -0.15) is 0 Å². The second-order valence-corrected chi connectivity index (χ2v) is 7.75. The molecular weight excluding hydrogens is 423 g/mol. The van der Waals surface area contributed by atoms with E-state index in [2.05, 4.69) is 10.3 Å². The Morgan fingerprint density at radius 2 is 1.73 bits per heavy atom. The van der Waals surface area contributed by atoms with E-state index in [1.54, 1.807) is 24.5 Å². The first kappa shape index (κ1) is 21.8. The molecule has 0 spiro atoms. The molecule has 7 heteroatoms. The highest BCUT2D eigenvalue weighted by Gasteiger charge is 2.45. The lowest BCUT2D eigenvalue weighted by Crippen LogP contribution is -2.55. The van der Waals surface area contributed by atoms with Crippen LogP contribution in [0.3, 0.4) is 0 Å². The number of hydrogen-bond donors (Lipinski definition) is 2. The van der Waals surface area contributed by atoms with Crippen LogP contribution < -0.4 is 5.32 Å². The fraction of sp³-hybridized carbons (Fsp3) is 0.174. The molecule has 1 unspecified atom stereocenters. The average Bonchev–Trinajstić information content (AvgIpc) is 3.07. The molecule has 0 saturated heterocycles. The van der Waals surface area contributed by atoms with E-state index < -0.39 is 11.5 Å². The molecule has 0 aliphatic heterocycles. The monoisotopic (exact) mass is 442 g/mol. The molecule has 2 N–H and O–H groups in total. The van der Waals surface area contributed by atoms with Gasteiger partial charge in [0.25, 0.3) is 0 Å². The third kappa shape index (κ3) is 4.48. The topological polar surface area (TPSA) is 79.3 Å². The lowest BCUT2D eigenvalue weighted by molar-refractivity contribution is -0.147. The Hall–Kier alpha value is -2.89. The van der Waals surface area contributed by atoms with Gasteiger partial charge in [-0.1, -0.05) is 48.0 Å². The van der Waals surface area contributed by atoms with Crippen LogP contribution in [0.25, 0.3) is 11.1 Å². The van der Waals surface area contributed by atoms with Gasteiger partial charge in [0.15, 0.2) is 0 Å². The number of carbonyl (C=O) groups is 2. The Labute approximate surface area is 185 Å². The van der Waals surface area contributed by atoms with Gasteiger partial charge in [-0.15, -0.1) is 12.4 Å². The summed E-state index contributed by atoms with van der Waals surface area (Å²) < 4.78 is 0. The van der Waals surface area contributed by atoms with Crippen molar-refractivity contribution in [3.05, 3.63) is 88.7 Å². The number of amides is 1. The van der Waals surface area contributed by atoms with Crippen molar-refractivity contribution < 1.29 is 14.7 Å². The Kier molecular flexibility index (Phi) is 6.44. The van der Waals surface area contributed by atoms with E-state index in [0.717, 1.165) is 27.8 Å². The largest absolute Gasteiger partial charge is 0.479 e. The summed E-state index contributed by atoms with van der Waals surface area (Å²) >= 11 is 5.96. The Bertz CT molecular complexity index is 1070. The van der Waals surface area contributed by atoms with Crippen molar-refractivity contribution in [2.24, 2.45) is 0 Å². The summed E-state index contributed by atoms with van der Waals surface area (Å²) in [5.74, 6) is -1.35. The molecular formula is C23H20Cl2N2O3. The molecule has 1 aliphatic rings. The fourth-order valence-electron chi connectivity index (χ4n) is 3.79. The summed E-state index contributed by atoms with van der Waals surface area (Å²) in [4.78, 5) is 28.7. The minimum Gasteiger partial charge on any atom is -0.479 e. The van der Waals surface area contributed by atoms with Crippen molar-refractivity contribution >= 4 is 35.9 Å². The quantitative estimate of drug-likeness (QED) is 0.622. The summed E-state index contributed by atoms with van der Waals surface area (Å²) in [7, 11) is 0. The third-order valence-corrected chi connectivity index (χ3v) is 5.50. The van der Waals surface area contributed by atoms with Crippen LogP contribution in [0.15, 0.2) is 67.0 Å². The highest BCUT2D eigenvalue weighted by atomic mass is 35.5. The minimum absolute atomic E-state index is 0. The molecule has 0 fully saturated rings. The van der Waals surface area contributed by atoms with Crippen molar-refractivity contribution in [3.63, 3.8) is 0 Å². The van der Waals surface area contributed by atoms with Crippen molar-refractivity contribution in [3.8, 4) is 11.1 Å².